The van der Waals surface area contributed by atoms with E-state index in [2.05, 4.69) is 33.2 Å². The molecule has 4 aromatic rings. The van der Waals surface area contributed by atoms with Crippen LogP contribution in [0.1, 0.15) is 110 Å². The predicted octanol–water partition coefficient (Wildman–Crippen LogP) is 5.62. The number of unbranched alkanes of at least 4 members (excludes halogenated alkanes) is 3. The second-order valence-corrected chi connectivity index (χ2v) is 18.6. The van der Waals surface area contributed by atoms with E-state index in [1.54, 1.807) is 4.90 Å². The number of hydrogen-bond donors (Lipinski definition) is 5. The monoisotopic (exact) mass is 962 g/mol. The molecule has 370 valence electrons. The summed E-state index contributed by atoms with van der Waals surface area (Å²) in [4.78, 5) is 98.8. The maximum Gasteiger partial charge on any atom is 0.256 e. The molecule has 3 atom stereocenters. The lowest BCUT2D eigenvalue weighted by Crippen LogP contribution is -2.52. The minimum atomic E-state index is -1.33. The van der Waals surface area contributed by atoms with Gasteiger partial charge in [0.1, 0.15) is 6.04 Å². The summed E-state index contributed by atoms with van der Waals surface area (Å²) in [5, 5.41) is 14.2. The molecule has 0 aliphatic carbocycles. The van der Waals surface area contributed by atoms with Crippen LogP contribution in [-0.2, 0) is 57.8 Å². The first-order valence-electron chi connectivity index (χ1n) is 24.7. The molecule has 0 spiro atoms. The highest BCUT2D eigenvalue weighted by molar-refractivity contribution is 6.03. The number of amides is 7. The van der Waals surface area contributed by atoms with E-state index in [-0.39, 0.29) is 73.7 Å². The van der Waals surface area contributed by atoms with E-state index >= 15 is 0 Å². The second-order valence-electron chi connectivity index (χ2n) is 18.6. The minimum absolute atomic E-state index is 0.0809. The van der Waals surface area contributed by atoms with E-state index < -0.39 is 17.7 Å². The third-order valence-electron chi connectivity index (χ3n) is 13.5. The van der Waals surface area contributed by atoms with Gasteiger partial charge in [0, 0.05) is 98.5 Å². The number of piperidine rings is 1. The zero-order chi connectivity index (χ0) is 49.7. The Kier molecular flexibility index (Phi) is 16.4. The first-order chi connectivity index (χ1) is 34.5. The van der Waals surface area contributed by atoms with Crippen molar-refractivity contribution in [2.75, 3.05) is 31.5 Å². The topological polar surface area (TPSA) is 208 Å². The molecule has 4 aliphatic heterocycles. The highest BCUT2D eigenvalue weighted by Crippen LogP contribution is 2.46. The van der Waals surface area contributed by atoms with Gasteiger partial charge >= 0.3 is 0 Å². The van der Waals surface area contributed by atoms with Crippen molar-refractivity contribution in [3.05, 3.63) is 143 Å². The van der Waals surface area contributed by atoms with E-state index in [0.29, 0.717) is 101 Å². The number of nitrogens with one attached hydrogen (secondary N) is 5. The number of ether oxygens (including phenoxy) is 1. The molecule has 4 aliphatic rings. The Morgan fingerprint density at radius 1 is 0.704 bits per heavy atom. The number of anilines is 1. The molecule has 1 unspecified atom stereocenters. The Morgan fingerprint density at radius 3 is 2.00 bits per heavy atom. The van der Waals surface area contributed by atoms with E-state index in [1.807, 2.05) is 108 Å². The van der Waals surface area contributed by atoms with Crippen molar-refractivity contribution in [1.82, 2.24) is 31.1 Å². The summed E-state index contributed by atoms with van der Waals surface area (Å²) in [6, 6.07) is 32.2. The van der Waals surface area contributed by atoms with Gasteiger partial charge in [0.25, 0.3) is 5.91 Å². The maximum absolute atomic E-state index is 14.8. The van der Waals surface area contributed by atoms with Crippen LogP contribution < -0.4 is 26.6 Å². The van der Waals surface area contributed by atoms with Gasteiger partial charge in [0.15, 0.2) is 11.6 Å². The Morgan fingerprint density at radius 2 is 1.32 bits per heavy atom. The van der Waals surface area contributed by atoms with Gasteiger partial charge in [-0.3, -0.25) is 38.9 Å². The number of aliphatic imine (C=N–C) groups is 1. The van der Waals surface area contributed by atoms with Crippen LogP contribution >= 0.6 is 0 Å². The molecule has 4 heterocycles. The summed E-state index contributed by atoms with van der Waals surface area (Å²) in [5.41, 5.74) is 5.23. The largest absolute Gasteiger partial charge is 0.466 e. The number of nitrogens with zero attached hydrogens (tertiary/aromatic N) is 3. The van der Waals surface area contributed by atoms with Crippen LogP contribution in [0.5, 0.6) is 0 Å². The lowest BCUT2D eigenvalue weighted by atomic mass is 9.81. The van der Waals surface area contributed by atoms with Crippen molar-refractivity contribution in [3.63, 3.8) is 0 Å². The van der Waals surface area contributed by atoms with Crippen LogP contribution in [0.15, 0.2) is 115 Å². The Balaban J connectivity index is 0.691. The first kappa shape index (κ1) is 49.8. The van der Waals surface area contributed by atoms with Crippen LogP contribution in [-0.4, -0.2) is 94.8 Å². The average Bonchev–Trinajstić information content (AvgIpc) is 3.90. The van der Waals surface area contributed by atoms with E-state index in [1.165, 1.54) is 0 Å². The molecule has 71 heavy (non-hydrogen) atoms. The molecule has 7 amide bonds. The van der Waals surface area contributed by atoms with Gasteiger partial charge in [-0.1, -0.05) is 91.5 Å². The smallest absolute Gasteiger partial charge is 0.256 e. The Hall–Kier alpha value is -7.62. The number of imide groups is 1. The molecular formula is C55H62N8O8. The molecule has 1 saturated heterocycles. The highest BCUT2D eigenvalue weighted by Gasteiger charge is 2.57. The molecule has 1 fully saturated rings. The Bertz CT molecular complexity index is 2670. The molecule has 4 aromatic carbocycles. The number of carbonyl (C=O) groups excluding carboxylic acids is 7. The molecule has 0 bridgehead atoms. The van der Waals surface area contributed by atoms with Crippen LogP contribution in [0.2, 0.25) is 0 Å². The zero-order valence-electron chi connectivity index (χ0n) is 40.0. The van der Waals surface area contributed by atoms with Gasteiger partial charge in [-0.15, -0.1) is 0 Å². The summed E-state index contributed by atoms with van der Waals surface area (Å²) in [6.45, 7) is 5.91. The summed E-state index contributed by atoms with van der Waals surface area (Å²) in [7, 11) is 0. The van der Waals surface area contributed by atoms with Crippen molar-refractivity contribution >= 4 is 58.6 Å². The van der Waals surface area contributed by atoms with Gasteiger partial charge in [-0.25, -0.2) is 4.99 Å². The quantitative estimate of drug-likeness (QED) is 0.0489. The summed E-state index contributed by atoms with van der Waals surface area (Å²) in [6.07, 6.45) is 4.82. The van der Waals surface area contributed by atoms with E-state index in [4.69, 9.17) is 9.73 Å². The number of hydrogen-bond acceptors (Lipinski definition) is 10. The van der Waals surface area contributed by atoms with Gasteiger partial charge in [0.2, 0.25) is 41.3 Å². The van der Waals surface area contributed by atoms with Crippen LogP contribution in [0, 0.1) is 0 Å². The lowest BCUT2D eigenvalue weighted by Gasteiger charge is -2.32. The number of fused-ring (bicyclic) bond motifs is 4. The molecule has 16 heteroatoms. The summed E-state index contributed by atoms with van der Waals surface area (Å²) < 4.78 is 6.61. The average molecular weight is 963 g/mol. The fraction of sp³-hybridized carbons (Fsp3) is 0.382. The fourth-order valence-electron chi connectivity index (χ4n) is 9.77. The molecule has 0 aromatic heterocycles. The fourth-order valence-corrected chi connectivity index (χ4v) is 9.77. The zero-order valence-corrected chi connectivity index (χ0v) is 40.0. The van der Waals surface area contributed by atoms with Gasteiger partial charge in [-0.2, -0.15) is 0 Å². The molecule has 16 nitrogen and oxygen atoms in total. The number of rotatable bonds is 22. The minimum Gasteiger partial charge on any atom is -0.466 e. The van der Waals surface area contributed by atoms with Crippen molar-refractivity contribution in [3.8, 4) is 0 Å². The van der Waals surface area contributed by atoms with Crippen LogP contribution in [0.4, 0.5) is 5.69 Å². The number of carbonyl (C=O) groups is 7. The van der Waals surface area contributed by atoms with Gasteiger partial charge < -0.3 is 35.8 Å². The van der Waals surface area contributed by atoms with Crippen molar-refractivity contribution in [1.29, 1.82) is 0 Å². The van der Waals surface area contributed by atoms with Crippen LogP contribution in [0.25, 0.3) is 5.70 Å². The Labute approximate surface area is 414 Å². The molecule has 8 rings (SSSR count). The standard InChI is InChI=1S/C55H62N8O8/c1-37-41-23-16-24-44(43(41)35-63(37)45-28-29-49(67)60-52(45)69)59-48(66)27-12-15-31-57-46(64)25-10-13-30-56-47(65)26-11-14-32-58-50(68)36-62-34-40-21-8-9-22-42(40)51-55(54(62)70,33-38-17-4-2-5-18-38)61-53(71-51)39-19-6-3-7-20-39/h2-9,16-24,45,51H,1,10-15,25-36H2,(H,56,65)(H,57,64)(H,58,68)(H,59,66)(H,60,67,69)/t45?,51-,55-/m0/s1. The number of benzene rings is 4. The summed E-state index contributed by atoms with van der Waals surface area (Å²) >= 11 is 0. The molecule has 5 N–H and O–H groups in total. The van der Waals surface area contributed by atoms with Crippen molar-refractivity contribution in [2.45, 2.75) is 108 Å². The van der Waals surface area contributed by atoms with Gasteiger partial charge in [0.05, 0.1) is 6.54 Å². The summed E-state index contributed by atoms with van der Waals surface area (Å²) in [5.74, 6) is -1.12. The van der Waals surface area contributed by atoms with Crippen LogP contribution in [0.3, 0.4) is 0 Å². The third kappa shape index (κ3) is 12.2. The van der Waals surface area contributed by atoms with E-state index in [0.717, 1.165) is 33.4 Å². The third-order valence-corrected chi connectivity index (χ3v) is 13.5. The molecule has 0 saturated carbocycles. The highest BCUT2D eigenvalue weighted by atomic mass is 16.5. The first-order valence-corrected chi connectivity index (χ1v) is 24.7. The van der Waals surface area contributed by atoms with Gasteiger partial charge in [-0.05, 0) is 74.3 Å². The molecule has 0 radical (unpaired) electrons. The predicted molar refractivity (Wildman–Crippen MR) is 268 cm³/mol. The normalized spacial score (nSPS) is 19.1. The maximum atomic E-state index is 14.8. The van der Waals surface area contributed by atoms with E-state index in [9.17, 15) is 33.6 Å². The second kappa shape index (κ2) is 23.3. The lowest BCUT2D eigenvalue weighted by molar-refractivity contribution is -0.143. The van der Waals surface area contributed by atoms with Crippen molar-refractivity contribution < 1.29 is 38.3 Å². The SMILES string of the molecule is C=C1c2cccc(NC(=O)CCCCNC(=O)CCCCNC(=O)CCCCNC(=O)CN3Cc4ccccc4[C@@H]4OC(c5ccccc5)=N[C@]4(Cc4ccccc4)C3=O)c2CN1C1CCC(=O)NC1=O. The molecular weight excluding hydrogens is 901 g/mol. The van der Waals surface area contributed by atoms with Crippen molar-refractivity contribution in [2.24, 2.45) is 4.99 Å².